The molecule has 0 aromatic carbocycles. The van der Waals surface area contributed by atoms with Crippen molar-refractivity contribution in [3.8, 4) is 0 Å². The molecule has 1 amide bonds. The molecule has 4 aliphatic rings. The molecule has 0 aliphatic heterocycles. The van der Waals surface area contributed by atoms with Gasteiger partial charge >= 0.3 is 0 Å². The SMILES string of the molecule is C=C1C[C@@]23CCC4[C@](C)(CNC(=O)CCl)CCC[C@@]4(C)C2CC[C@]1(O)C3. The van der Waals surface area contributed by atoms with Gasteiger partial charge in [-0.2, -0.15) is 0 Å². The number of alkyl halides is 1. The largest absolute Gasteiger partial charge is 0.386 e. The summed E-state index contributed by atoms with van der Waals surface area (Å²) in [7, 11) is 0. The van der Waals surface area contributed by atoms with Gasteiger partial charge in [0, 0.05) is 6.54 Å². The van der Waals surface area contributed by atoms with Crippen LogP contribution in [0.25, 0.3) is 0 Å². The Hall–Kier alpha value is -0.540. The first-order valence-corrected chi connectivity index (χ1v) is 10.9. The zero-order valence-corrected chi connectivity index (χ0v) is 17.1. The highest BCUT2D eigenvalue weighted by Crippen LogP contribution is 2.72. The van der Waals surface area contributed by atoms with E-state index in [0.717, 1.165) is 37.8 Å². The number of rotatable bonds is 3. The third-order valence-corrected chi connectivity index (χ3v) is 9.33. The van der Waals surface area contributed by atoms with Gasteiger partial charge in [-0.3, -0.25) is 4.79 Å². The highest BCUT2D eigenvalue weighted by atomic mass is 35.5. The summed E-state index contributed by atoms with van der Waals surface area (Å²) in [5.41, 5.74) is 1.23. The molecule has 4 heteroatoms. The fraction of sp³-hybridized carbons (Fsp3) is 0.864. The Labute approximate surface area is 162 Å². The van der Waals surface area contributed by atoms with Crippen LogP contribution in [0.4, 0.5) is 0 Å². The number of nitrogens with one attached hydrogen (secondary N) is 1. The van der Waals surface area contributed by atoms with E-state index in [1.165, 1.54) is 32.1 Å². The first-order valence-electron chi connectivity index (χ1n) is 10.4. The molecule has 3 nitrogen and oxygen atoms in total. The van der Waals surface area contributed by atoms with Crippen molar-refractivity contribution < 1.29 is 9.90 Å². The minimum absolute atomic E-state index is 0.0461. The van der Waals surface area contributed by atoms with E-state index in [9.17, 15) is 9.90 Å². The van der Waals surface area contributed by atoms with Crippen LogP contribution in [0.1, 0.15) is 71.6 Å². The molecular formula is C22H34ClNO2. The molecular weight excluding hydrogens is 346 g/mol. The first-order chi connectivity index (χ1) is 12.2. The van der Waals surface area contributed by atoms with Crippen molar-refractivity contribution in [1.82, 2.24) is 5.32 Å². The van der Waals surface area contributed by atoms with E-state index in [1.54, 1.807) is 0 Å². The number of carbonyl (C=O) groups excluding carboxylic acids is 1. The maximum Gasteiger partial charge on any atom is 0.234 e. The van der Waals surface area contributed by atoms with Gasteiger partial charge in [0.15, 0.2) is 0 Å². The number of hydrogen-bond acceptors (Lipinski definition) is 2. The predicted octanol–water partition coefficient (Wildman–Crippen LogP) is 4.43. The summed E-state index contributed by atoms with van der Waals surface area (Å²) in [4.78, 5) is 11.8. The fourth-order valence-electron chi connectivity index (χ4n) is 8.04. The third-order valence-electron chi connectivity index (χ3n) is 9.09. The van der Waals surface area contributed by atoms with Crippen LogP contribution >= 0.6 is 11.6 Å². The van der Waals surface area contributed by atoms with Crippen LogP contribution in [-0.4, -0.2) is 29.0 Å². The Morgan fingerprint density at radius 3 is 2.69 bits per heavy atom. The van der Waals surface area contributed by atoms with E-state index in [1.807, 2.05) is 0 Å². The summed E-state index contributed by atoms with van der Waals surface area (Å²) in [5, 5.41) is 14.1. The Balaban J connectivity index is 1.62. The molecule has 2 unspecified atom stereocenters. The van der Waals surface area contributed by atoms with Gasteiger partial charge in [0.2, 0.25) is 5.91 Å². The number of carbonyl (C=O) groups is 1. The lowest BCUT2D eigenvalue weighted by atomic mass is 9.41. The van der Waals surface area contributed by atoms with Crippen LogP contribution in [0, 0.1) is 28.1 Å². The second kappa shape index (κ2) is 5.98. The summed E-state index contributed by atoms with van der Waals surface area (Å²) in [6.45, 7) is 9.91. The Morgan fingerprint density at radius 2 is 1.96 bits per heavy atom. The van der Waals surface area contributed by atoms with Crippen molar-refractivity contribution in [2.45, 2.75) is 77.2 Å². The topological polar surface area (TPSA) is 49.3 Å². The van der Waals surface area contributed by atoms with Crippen molar-refractivity contribution in [3.63, 3.8) is 0 Å². The second-order valence-electron chi connectivity index (χ2n) is 10.5. The van der Waals surface area contributed by atoms with Crippen LogP contribution in [0.2, 0.25) is 0 Å². The zero-order chi connectivity index (χ0) is 18.8. The molecule has 0 aromatic heterocycles. The van der Waals surface area contributed by atoms with Gasteiger partial charge in [0.05, 0.1) is 5.60 Å². The summed E-state index contributed by atoms with van der Waals surface area (Å²) in [6, 6.07) is 0. The van der Waals surface area contributed by atoms with Gasteiger partial charge in [-0.05, 0) is 85.0 Å². The van der Waals surface area contributed by atoms with Crippen LogP contribution in [0.5, 0.6) is 0 Å². The molecule has 26 heavy (non-hydrogen) atoms. The molecule has 2 bridgehead atoms. The molecule has 4 rings (SSSR count). The Kier molecular flexibility index (Phi) is 4.32. The van der Waals surface area contributed by atoms with Gasteiger partial charge < -0.3 is 10.4 Å². The summed E-state index contributed by atoms with van der Waals surface area (Å²) in [6.07, 6.45) is 10.1. The summed E-state index contributed by atoms with van der Waals surface area (Å²) < 4.78 is 0. The lowest BCUT2D eigenvalue weighted by Crippen LogP contribution is -2.59. The monoisotopic (exact) mass is 379 g/mol. The van der Waals surface area contributed by atoms with Crippen molar-refractivity contribution in [2.24, 2.45) is 28.1 Å². The molecule has 1 spiro atoms. The van der Waals surface area contributed by atoms with Crippen molar-refractivity contribution in [2.75, 3.05) is 12.4 Å². The number of halogens is 1. The molecule has 146 valence electrons. The van der Waals surface area contributed by atoms with Gasteiger partial charge in [0.1, 0.15) is 5.88 Å². The fourth-order valence-corrected chi connectivity index (χ4v) is 8.14. The predicted molar refractivity (Wildman–Crippen MR) is 105 cm³/mol. The van der Waals surface area contributed by atoms with Gasteiger partial charge in [0.25, 0.3) is 0 Å². The average Bonchev–Trinajstić information content (AvgIpc) is 2.76. The van der Waals surface area contributed by atoms with E-state index >= 15 is 0 Å². The molecule has 2 N–H and O–H groups in total. The molecule has 0 saturated heterocycles. The van der Waals surface area contributed by atoms with Gasteiger partial charge in [-0.1, -0.05) is 26.8 Å². The van der Waals surface area contributed by atoms with Crippen molar-refractivity contribution in [3.05, 3.63) is 12.2 Å². The molecule has 4 fully saturated rings. The lowest BCUT2D eigenvalue weighted by Gasteiger charge is -2.64. The second-order valence-corrected chi connectivity index (χ2v) is 10.7. The van der Waals surface area contributed by atoms with Crippen LogP contribution in [-0.2, 0) is 4.79 Å². The van der Waals surface area contributed by atoms with Crippen LogP contribution < -0.4 is 5.32 Å². The maximum atomic E-state index is 11.8. The van der Waals surface area contributed by atoms with Gasteiger partial charge in [-0.25, -0.2) is 0 Å². The summed E-state index contributed by atoms with van der Waals surface area (Å²) in [5.74, 6) is 1.30. The van der Waals surface area contributed by atoms with E-state index < -0.39 is 5.60 Å². The number of amides is 1. The Bertz CT molecular complexity index is 636. The summed E-state index contributed by atoms with van der Waals surface area (Å²) >= 11 is 5.70. The van der Waals surface area contributed by atoms with E-state index in [2.05, 4.69) is 25.7 Å². The molecule has 0 heterocycles. The quantitative estimate of drug-likeness (QED) is 0.563. The minimum Gasteiger partial charge on any atom is -0.386 e. The number of hydrogen-bond donors (Lipinski definition) is 2. The van der Waals surface area contributed by atoms with E-state index in [4.69, 9.17) is 11.6 Å². The zero-order valence-electron chi connectivity index (χ0n) is 16.4. The number of aliphatic hydroxyl groups is 1. The highest BCUT2D eigenvalue weighted by Gasteiger charge is 2.66. The maximum absolute atomic E-state index is 11.8. The van der Waals surface area contributed by atoms with Crippen molar-refractivity contribution in [1.29, 1.82) is 0 Å². The Morgan fingerprint density at radius 1 is 1.23 bits per heavy atom. The normalized spacial score (nSPS) is 50.1. The van der Waals surface area contributed by atoms with E-state index in [-0.39, 0.29) is 22.6 Å². The molecule has 4 saturated carbocycles. The third kappa shape index (κ3) is 2.53. The molecule has 0 aromatic rings. The van der Waals surface area contributed by atoms with E-state index in [0.29, 0.717) is 17.3 Å². The molecule has 0 radical (unpaired) electrons. The average molecular weight is 380 g/mol. The van der Waals surface area contributed by atoms with Crippen LogP contribution in [0.3, 0.4) is 0 Å². The van der Waals surface area contributed by atoms with Crippen molar-refractivity contribution >= 4 is 17.5 Å². The standard InChI is InChI=1S/C22H34ClNO2/c1-15-11-21-9-5-16-19(2,14-24-18(25)12-23)7-4-8-20(16,3)17(21)6-10-22(15,26)13-21/h16-17,26H,1,4-14H2,2-3H3,(H,24,25)/t16?,17?,19-,20+,21+,22-/m0/s1. The first kappa shape index (κ1) is 18.8. The lowest BCUT2D eigenvalue weighted by molar-refractivity contribution is -0.163. The van der Waals surface area contributed by atoms with Crippen LogP contribution in [0.15, 0.2) is 12.2 Å². The molecule has 4 aliphatic carbocycles. The van der Waals surface area contributed by atoms with Gasteiger partial charge in [-0.15, -0.1) is 11.6 Å². The minimum atomic E-state index is -0.591. The number of fused-ring (bicyclic) bond motifs is 3. The highest BCUT2D eigenvalue weighted by molar-refractivity contribution is 6.27. The molecule has 6 atom stereocenters. The smallest absolute Gasteiger partial charge is 0.234 e.